The fourth-order valence-corrected chi connectivity index (χ4v) is 4.35. The number of para-hydroxylation sites is 1. The van der Waals surface area contributed by atoms with Crippen molar-refractivity contribution in [1.82, 2.24) is 25.1 Å². The Kier molecular flexibility index (Phi) is 5.29. The molecule has 1 aliphatic heterocycles. The second-order valence-electron chi connectivity index (χ2n) is 7.37. The molecule has 1 aliphatic rings. The highest BCUT2D eigenvalue weighted by molar-refractivity contribution is 9.10. The largest absolute Gasteiger partial charge is 0.467 e. The molecule has 4 aromatic rings. The number of fused-ring (bicyclic) bond motifs is 3. The molecule has 9 heteroatoms. The average molecular weight is 481 g/mol. The molecule has 0 amide bonds. The highest BCUT2D eigenvalue weighted by Crippen LogP contribution is 2.38. The minimum atomic E-state index is 0.116. The van der Waals surface area contributed by atoms with Crippen molar-refractivity contribution in [3.05, 3.63) is 58.6 Å². The van der Waals surface area contributed by atoms with Gasteiger partial charge in [0, 0.05) is 42.3 Å². The van der Waals surface area contributed by atoms with E-state index in [4.69, 9.17) is 9.47 Å². The summed E-state index contributed by atoms with van der Waals surface area (Å²) >= 11 is 3.36. The van der Waals surface area contributed by atoms with E-state index < -0.39 is 0 Å². The lowest BCUT2D eigenvalue weighted by molar-refractivity contribution is 0.0515. The van der Waals surface area contributed by atoms with Gasteiger partial charge >= 0.3 is 0 Å². The molecule has 0 saturated heterocycles. The average Bonchev–Trinajstić information content (AvgIpc) is 3.17. The standard InChI is InChI=1S/C22H21BrN6O2/c1-13-21-15-9-17(14-5-3-4-6-18(14)31-12-30-2)27-28-22(15)26-16(21)7-8-29(13)20-11-24-19(23)10-25-20/h3-6,9-11,13H,7-8,12H2,1-2H3,(H,26,28)/t13-/m1/s1. The lowest BCUT2D eigenvalue weighted by atomic mass is 9.97. The Labute approximate surface area is 187 Å². The van der Waals surface area contributed by atoms with Gasteiger partial charge in [-0.2, -0.15) is 0 Å². The maximum Gasteiger partial charge on any atom is 0.188 e. The van der Waals surface area contributed by atoms with Crippen LogP contribution in [0.25, 0.3) is 22.3 Å². The Hall–Kier alpha value is -3.04. The van der Waals surface area contributed by atoms with E-state index in [9.17, 15) is 0 Å². The highest BCUT2D eigenvalue weighted by Gasteiger charge is 2.29. The van der Waals surface area contributed by atoms with Crippen LogP contribution in [-0.4, -0.2) is 45.6 Å². The minimum Gasteiger partial charge on any atom is -0.467 e. The van der Waals surface area contributed by atoms with Gasteiger partial charge in [0.1, 0.15) is 16.2 Å². The molecular formula is C22H21BrN6O2. The van der Waals surface area contributed by atoms with Crippen LogP contribution in [0.1, 0.15) is 24.2 Å². The maximum atomic E-state index is 5.73. The summed E-state index contributed by atoms with van der Waals surface area (Å²) in [4.78, 5) is 14.6. The summed E-state index contributed by atoms with van der Waals surface area (Å²) in [6.07, 6.45) is 4.40. The van der Waals surface area contributed by atoms with Gasteiger partial charge in [-0.3, -0.25) is 0 Å². The molecule has 0 fully saturated rings. The summed E-state index contributed by atoms with van der Waals surface area (Å²) in [6, 6.07) is 9.98. The Morgan fingerprint density at radius 1 is 1.19 bits per heavy atom. The molecule has 1 atom stereocenters. The number of rotatable bonds is 5. The fourth-order valence-electron chi connectivity index (χ4n) is 4.14. The molecule has 1 aromatic carbocycles. The lowest BCUT2D eigenvalue weighted by Crippen LogP contribution is -2.34. The van der Waals surface area contributed by atoms with Gasteiger partial charge in [0.2, 0.25) is 0 Å². The van der Waals surface area contributed by atoms with Crippen molar-refractivity contribution in [2.45, 2.75) is 19.4 Å². The van der Waals surface area contributed by atoms with Crippen LogP contribution < -0.4 is 9.64 Å². The molecule has 1 N–H and O–H groups in total. The Balaban J connectivity index is 1.57. The molecule has 0 radical (unpaired) electrons. The smallest absolute Gasteiger partial charge is 0.188 e. The molecule has 31 heavy (non-hydrogen) atoms. The van der Waals surface area contributed by atoms with Crippen molar-refractivity contribution in [1.29, 1.82) is 0 Å². The number of nitrogens with zero attached hydrogens (tertiary/aromatic N) is 5. The Morgan fingerprint density at radius 3 is 2.87 bits per heavy atom. The highest BCUT2D eigenvalue weighted by atomic mass is 79.9. The summed E-state index contributed by atoms with van der Waals surface area (Å²) in [5, 5.41) is 10.00. The number of ether oxygens (including phenoxy) is 2. The molecule has 158 valence electrons. The quantitative estimate of drug-likeness (QED) is 0.426. The topological polar surface area (TPSA) is 89.0 Å². The normalized spacial score (nSPS) is 15.8. The fraction of sp³-hybridized carbons (Fsp3) is 0.273. The molecule has 0 saturated carbocycles. The molecule has 0 spiro atoms. The third kappa shape index (κ3) is 3.64. The van der Waals surface area contributed by atoms with Gasteiger partial charge in [-0.15, -0.1) is 10.2 Å². The van der Waals surface area contributed by atoms with Crippen LogP contribution in [0.4, 0.5) is 5.82 Å². The van der Waals surface area contributed by atoms with Gasteiger partial charge < -0.3 is 19.4 Å². The van der Waals surface area contributed by atoms with Gasteiger partial charge in [0.15, 0.2) is 12.4 Å². The summed E-state index contributed by atoms with van der Waals surface area (Å²) in [5.41, 5.74) is 4.84. The van der Waals surface area contributed by atoms with E-state index in [1.807, 2.05) is 24.3 Å². The first-order chi connectivity index (χ1) is 15.2. The summed E-state index contributed by atoms with van der Waals surface area (Å²) in [6.45, 7) is 3.21. The SMILES string of the molecule is COCOc1ccccc1-c1cc2c3c([nH]c2nn1)CCN(c1cnc(Br)cn1)[C@@H]3C. The number of aromatic nitrogens is 5. The monoisotopic (exact) mass is 480 g/mol. The second kappa shape index (κ2) is 8.24. The number of H-pyrrole nitrogens is 1. The van der Waals surface area contributed by atoms with E-state index in [1.54, 1.807) is 19.5 Å². The number of aromatic amines is 1. The lowest BCUT2D eigenvalue weighted by Gasteiger charge is -2.34. The van der Waals surface area contributed by atoms with Crippen molar-refractivity contribution in [2.24, 2.45) is 0 Å². The van der Waals surface area contributed by atoms with Crippen molar-refractivity contribution < 1.29 is 9.47 Å². The van der Waals surface area contributed by atoms with Gasteiger partial charge in [0.25, 0.3) is 0 Å². The summed E-state index contributed by atoms with van der Waals surface area (Å²) < 4.78 is 11.5. The van der Waals surface area contributed by atoms with Gasteiger partial charge in [-0.25, -0.2) is 9.97 Å². The van der Waals surface area contributed by atoms with Crippen LogP contribution in [-0.2, 0) is 11.2 Å². The number of halogens is 1. The summed E-state index contributed by atoms with van der Waals surface area (Å²) in [7, 11) is 1.60. The van der Waals surface area contributed by atoms with Gasteiger partial charge in [-0.1, -0.05) is 12.1 Å². The first-order valence-corrected chi connectivity index (χ1v) is 10.8. The zero-order valence-electron chi connectivity index (χ0n) is 17.2. The third-order valence-electron chi connectivity index (χ3n) is 5.56. The second-order valence-corrected chi connectivity index (χ2v) is 8.19. The van der Waals surface area contributed by atoms with Gasteiger partial charge in [-0.05, 0) is 41.1 Å². The molecule has 8 nitrogen and oxygen atoms in total. The van der Waals surface area contributed by atoms with E-state index in [1.165, 1.54) is 11.3 Å². The van der Waals surface area contributed by atoms with E-state index in [0.29, 0.717) is 5.75 Å². The maximum absolute atomic E-state index is 5.73. The van der Waals surface area contributed by atoms with Crippen molar-refractivity contribution in [3.8, 4) is 17.0 Å². The third-order valence-corrected chi connectivity index (χ3v) is 5.97. The van der Waals surface area contributed by atoms with Crippen LogP contribution in [0.3, 0.4) is 0 Å². The van der Waals surface area contributed by atoms with Crippen LogP contribution >= 0.6 is 15.9 Å². The number of methoxy groups -OCH3 is 1. The van der Waals surface area contributed by atoms with Crippen LogP contribution in [0, 0.1) is 0 Å². The Morgan fingerprint density at radius 2 is 2.06 bits per heavy atom. The van der Waals surface area contributed by atoms with E-state index in [-0.39, 0.29) is 12.8 Å². The molecule has 0 unspecified atom stereocenters. The van der Waals surface area contributed by atoms with Crippen LogP contribution in [0.2, 0.25) is 0 Å². The van der Waals surface area contributed by atoms with Crippen LogP contribution in [0.5, 0.6) is 5.75 Å². The number of nitrogens with one attached hydrogen (secondary N) is 1. The zero-order chi connectivity index (χ0) is 21.4. The molecule has 5 rings (SSSR count). The number of anilines is 1. The molecule has 0 bridgehead atoms. The Bertz CT molecular complexity index is 1230. The predicted molar refractivity (Wildman–Crippen MR) is 121 cm³/mol. The van der Waals surface area contributed by atoms with Crippen molar-refractivity contribution in [3.63, 3.8) is 0 Å². The molecule has 3 aromatic heterocycles. The predicted octanol–water partition coefficient (Wildman–Crippen LogP) is 4.28. The minimum absolute atomic E-state index is 0.116. The zero-order valence-corrected chi connectivity index (χ0v) is 18.8. The van der Waals surface area contributed by atoms with E-state index >= 15 is 0 Å². The van der Waals surface area contributed by atoms with Crippen LogP contribution in [0.15, 0.2) is 47.3 Å². The number of hydrogen-bond acceptors (Lipinski definition) is 7. The van der Waals surface area contributed by atoms with Crippen molar-refractivity contribution in [2.75, 3.05) is 25.3 Å². The molecule has 4 heterocycles. The number of benzene rings is 1. The van der Waals surface area contributed by atoms with E-state index in [0.717, 1.165) is 45.7 Å². The summed E-state index contributed by atoms with van der Waals surface area (Å²) in [5.74, 6) is 1.57. The number of hydrogen-bond donors (Lipinski definition) is 1. The molecule has 0 aliphatic carbocycles. The van der Waals surface area contributed by atoms with E-state index in [2.05, 4.69) is 59.0 Å². The first-order valence-electron chi connectivity index (χ1n) is 9.99. The first kappa shape index (κ1) is 19.9. The molecular weight excluding hydrogens is 460 g/mol. The van der Waals surface area contributed by atoms with Crippen molar-refractivity contribution >= 4 is 32.8 Å². The van der Waals surface area contributed by atoms with Gasteiger partial charge in [0.05, 0.1) is 24.1 Å².